The molecule has 2 aromatic rings. The standard InChI is InChI=1S/C24H33NO4S/c1-6-8-19(3)24(7-2)30(26,27)25(17-20-9-13-22(28-4)14-10-20)18-21-11-15-23(29-5)16-12-21/h6,9-16,19,24H,1,7-8,17-18H2,2-5H3. The van der Waals surface area contributed by atoms with E-state index in [-0.39, 0.29) is 5.92 Å². The Balaban J connectivity index is 2.37. The molecule has 0 fully saturated rings. The lowest BCUT2D eigenvalue weighted by Gasteiger charge is -2.30. The normalized spacial score (nSPS) is 13.6. The van der Waals surface area contributed by atoms with E-state index in [1.54, 1.807) is 24.6 Å². The molecule has 0 aliphatic carbocycles. The molecular weight excluding hydrogens is 398 g/mol. The zero-order valence-corrected chi connectivity index (χ0v) is 19.2. The summed E-state index contributed by atoms with van der Waals surface area (Å²) in [5, 5.41) is -0.466. The number of methoxy groups -OCH3 is 2. The predicted octanol–water partition coefficient (Wildman–Crippen LogP) is 5.03. The van der Waals surface area contributed by atoms with Gasteiger partial charge in [0.15, 0.2) is 0 Å². The Morgan fingerprint density at radius 2 is 1.37 bits per heavy atom. The maximum absolute atomic E-state index is 13.7. The van der Waals surface area contributed by atoms with Crippen LogP contribution in [0.3, 0.4) is 0 Å². The minimum absolute atomic E-state index is 0.00765. The van der Waals surface area contributed by atoms with Gasteiger partial charge in [0.05, 0.1) is 19.5 Å². The van der Waals surface area contributed by atoms with Crippen LogP contribution in [0, 0.1) is 5.92 Å². The molecule has 2 aromatic carbocycles. The molecule has 2 rings (SSSR count). The molecule has 0 heterocycles. The van der Waals surface area contributed by atoms with E-state index in [1.165, 1.54) is 0 Å². The fraction of sp³-hybridized carbons (Fsp3) is 0.417. The van der Waals surface area contributed by atoms with Crippen molar-refractivity contribution in [2.24, 2.45) is 5.92 Å². The van der Waals surface area contributed by atoms with Gasteiger partial charge in [0, 0.05) is 13.1 Å². The maximum atomic E-state index is 13.7. The number of benzene rings is 2. The highest BCUT2D eigenvalue weighted by molar-refractivity contribution is 7.89. The van der Waals surface area contributed by atoms with Gasteiger partial charge in [-0.2, -0.15) is 4.31 Å². The van der Waals surface area contributed by atoms with Crippen LogP contribution < -0.4 is 9.47 Å². The zero-order chi connectivity index (χ0) is 22.1. The molecule has 0 spiro atoms. The van der Waals surface area contributed by atoms with Crippen molar-refractivity contribution in [3.8, 4) is 11.5 Å². The molecule has 0 N–H and O–H groups in total. The van der Waals surface area contributed by atoms with E-state index in [9.17, 15) is 8.42 Å². The van der Waals surface area contributed by atoms with Crippen molar-refractivity contribution < 1.29 is 17.9 Å². The van der Waals surface area contributed by atoms with E-state index in [0.717, 1.165) is 22.6 Å². The van der Waals surface area contributed by atoms with Crippen LogP contribution in [0.5, 0.6) is 11.5 Å². The minimum atomic E-state index is -3.54. The molecule has 164 valence electrons. The van der Waals surface area contributed by atoms with E-state index < -0.39 is 15.3 Å². The Labute approximate surface area is 181 Å². The lowest BCUT2D eigenvalue weighted by Crippen LogP contribution is -2.40. The molecule has 5 nitrogen and oxygen atoms in total. The fourth-order valence-electron chi connectivity index (χ4n) is 3.62. The molecule has 0 radical (unpaired) electrons. The van der Waals surface area contributed by atoms with Crippen molar-refractivity contribution in [1.82, 2.24) is 4.31 Å². The van der Waals surface area contributed by atoms with Gasteiger partial charge in [-0.05, 0) is 54.2 Å². The molecule has 0 saturated carbocycles. The predicted molar refractivity (Wildman–Crippen MR) is 122 cm³/mol. The third-order valence-electron chi connectivity index (χ3n) is 5.35. The fourth-order valence-corrected chi connectivity index (χ4v) is 5.78. The Kier molecular flexibility index (Phi) is 8.93. The first kappa shape index (κ1) is 24.0. The van der Waals surface area contributed by atoms with Crippen LogP contribution in [-0.4, -0.2) is 32.2 Å². The Morgan fingerprint density at radius 1 is 0.933 bits per heavy atom. The summed E-state index contributed by atoms with van der Waals surface area (Å²) in [4.78, 5) is 0. The summed E-state index contributed by atoms with van der Waals surface area (Å²) in [5.74, 6) is 1.48. The summed E-state index contributed by atoms with van der Waals surface area (Å²) < 4.78 is 39.4. The van der Waals surface area contributed by atoms with Crippen LogP contribution in [-0.2, 0) is 23.1 Å². The van der Waals surface area contributed by atoms with Crippen molar-refractivity contribution in [2.75, 3.05) is 14.2 Å². The van der Waals surface area contributed by atoms with Crippen LogP contribution in [0.25, 0.3) is 0 Å². The Morgan fingerprint density at radius 3 is 1.70 bits per heavy atom. The van der Waals surface area contributed by atoms with Crippen molar-refractivity contribution in [2.45, 2.75) is 45.0 Å². The topological polar surface area (TPSA) is 55.8 Å². The second-order valence-electron chi connectivity index (χ2n) is 7.46. The van der Waals surface area contributed by atoms with Crippen LogP contribution in [0.2, 0.25) is 0 Å². The first-order chi connectivity index (χ1) is 14.3. The molecular formula is C24H33NO4S. The SMILES string of the molecule is C=CCC(C)C(CC)S(=O)(=O)N(Cc1ccc(OC)cc1)Cc1ccc(OC)cc1. The Hall–Kier alpha value is -2.31. The lowest BCUT2D eigenvalue weighted by atomic mass is 10.0. The molecule has 0 aliphatic heterocycles. The number of hydrogen-bond acceptors (Lipinski definition) is 4. The van der Waals surface area contributed by atoms with Crippen molar-refractivity contribution in [3.05, 3.63) is 72.3 Å². The summed E-state index contributed by atoms with van der Waals surface area (Å²) in [5.41, 5.74) is 1.83. The highest BCUT2D eigenvalue weighted by Crippen LogP contribution is 2.27. The van der Waals surface area contributed by atoms with Crippen molar-refractivity contribution in [3.63, 3.8) is 0 Å². The number of rotatable bonds is 12. The van der Waals surface area contributed by atoms with Gasteiger partial charge in [-0.3, -0.25) is 0 Å². The van der Waals surface area contributed by atoms with Gasteiger partial charge < -0.3 is 9.47 Å². The number of hydrogen-bond donors (Lipinski definition) is 0. The third kappa shape index (κ3) is 6.09. The molecule has 0 saturated heterocycles. The molecule has 0 aliphatic rings. The quantitative estimate of drug-likeness (QED) is 0.443. The second kappa shape index (κ2) is 11.2. The van der Waals surface area contributed by atoms with Gasteiger partial charge in [-0.1, -0.05) is 44.2 Å². The number of allylic oxidation sites excluding steroid dienone is 1. The smallest absolute Gasteiger partial charge is 0.217 e. The van der Waals surface area contributed by atoms with E-state index >= 15 is 0 Å². The van der Waals surface area contributed by atoms with E-state index in [1.807, 2.05) is 62.4 Å². The maximum Gasteiger partial charge on any atom is 0.217 e. The summed E-state index contributed by atoms with van der Waals surface area (Å²) in [6.45, 7) is 8.29. The highest BCUT2D eigenvalue weighted by atomic mass is 32.2. The molecule has 2 atom stereocenters. The van der Waals surface area contributed by atoms with E-state index in [0.29, 0.717) is 25.9 Å². The minimum Gasteiger partial charge on any atom is -0.497 e. The van der Waals surface area contributed by atoms with Gasteiger partial charge in [-0.25, -0.2) is 8.42 Å². The van der Waals surface area contributed by atoms with Gasteiger partial charge >= 0.3 is 0 Å². The lowest BCUT2D eigenvalue weighted by molar-refractivity contribution is 0.375. The van der Waals surface area contributed by atoms with Crippen LogP contribution in [0.1, 0.15) is 37.8 Å². The van der Waals surface area contributed by atoms with Crippen LogP contribution in [0.4, 0.5) is 0 Å². The largest absolute Gasteiger partial charge is 0.497 e. The zero-order valence-electron chi connectivity index (χ0n) is 18.4. The van der Waals surface area contributed by atoms with E-state index in [4.69, 9.17) is 9.47 Å². The molecule has 0 aromatic heterocycles. The monoisotopic (exact) mass is 431 g/mol. The molecule has 0 amide bonds. The Bertz CT molecular complexity index is 842. The first-order valence-corrected chi connectivity index (χ1v) is 11.7. The summed E-state index contributed by atoms with van der Waals surface area (Å²) in [6.07, 6.45) is 3.01. The second-order valence-corrected chi connectivity index (χ2v) is 9.61. The average Bonchev–Trinajstić information content (AvgIpc) is 2.74. The summed E-state index contributed by atoms with van der Waals surface area (Å²) in [7, 11) is -0.313. The van der Waals surface area contributed by atoms with Gasteiger partial charge in [0.1, 0.15) is 11.5 Å². The van der Waals surface area contributed by atoms with E-state index in [2.05, 4.69) is 6.58 Å². The van der Waals surface area contributed by atoms with Crippen molar-refractivity contribution >= 4 is 10.0 Å². The molecule has 6 heteroatoms. The first-order valence-electron chi connectivity index (χ1n) is 10.2. The van der Waals surface area contributed by atoms with Crippen molar-refractivity contribution in [1.29, 1.82) is 0 Å². The molecule has 30 heavy (non-hydrogen) atoms. The van der Waals surface area contributed by atoms with Crippen LogP contribution >= 0.6 is 0 Å². The summed E-state index contributed by atoms with van der Waals surface area (Å²) in [6, 6.07) is 15.0. The van der Waals surface area contributed by atoms with Gasteiger partial charge in [0.25, 0.3) is 0 Å². The molecule has 2 unspecified atom stereocenters. The third-order valence-corrected chi connectivity index (χ3v) is 7.90. The molecule has 0 bridgehead atoms. The number of ether oxygens (including phenoxy) is 2. The average molecular weight is 432 g/mol. The highest BCUT2D eigenvalue weighted by Gasteiger charge is 2.34. The summed E-state index contributed by atoms with van der Waals surface area (Å²) >= 11 is 0. The number of nitrogens with zero attached hydrogens (tertiary/aromatic N) is 1. The van der Waals surface area contributed by atoms with Gasteiger partial charge in [-0.15, -0.1) is 6.58 Å². The van der Waals surface area contributed by atoms with Crippen LogP contribution in [0.15, 0.2) is 61.2 Å². The number of sulfonamides is 1. The van der Waals surface area contributed by atoms with Gasteiger partial charge in [0.2, 0.25) is 10.0 Å².